The summed E-state index contributed by atoms with van der Waals surface area (Å²) in [5.41, 5.74) is 0. The molecule has 2 saturated heterocycles. The molecule has 0 aromatic heterocycles. The van der Waals surface area contributed by atoms with Gasteiger partial charge in [-0.25, -0.2) is 0 Å². The molecule has 0 aromatic carbocycles. The first-order valence-corrected chi connectivity index (χ1v) is 5.68. The molecule has 2 atom stereocenters. The van der Waals surface area contributed by atoms with Crippen LogP contribution in [0, 0.1) is 11.8 Å². The second-order valence-corrected chi connectivity index (χ2v) is 4.40. The van der Waals surface area contributed by atoms with Gasteiger partial charge in [-0.2, -0.15) is 0 Å². The quantitative estimate of drug-likeness (QED) is 0.725. The molecule has 1 N–H and O–H groups in total. The van der Waals surface area contributed by atoms with Gasteiger partial charge in [0.1, 0.15) is 0 Å². The highest BCUT2D eigenvalue weighted by Crippen LogP contribution is 2.33. The van der Waals surface area contributed by atoms with E-state index in [1.165, 1.54) is 0 Å². The Hall–Kier alpha value is -0.570. The van der Waals surface area contributed by atoms with E-state index >= 15 is 0 Å². The molecule has 0 aliphatic carbocycles. The Bertz CT molecular complexity index is 211. The summed E-state index contributed by atoms with van der Waals surface area (Å²) in [7, 11) is 0. The highest BCUT2D eigenvalue weighted by atomic mass is 16.5. The molecular formula is C11H19NO2. The van der Waals surface area contributed by atoms with Gasteiger partial charge in [-0.3, -0.25) is 4.79 Å². The van der Waals surface area contributed by atoms with E-state index in [1.54, 1.807) is 0 Å². The highest BCUT2D eigenvalue weighted by molar-refractivity contribution is 5.79. The maximum Gasteiger partial charge on any atom is 0.220 e. The van der Waals surface area contributed by atoms with Crippen molar-refractivity contribution in [1.29, 1.82) is 0 Å². The number of nitrogens with one attached hydrogen (secondary N) is 1. The molecule has 2 aliphatic rings. The third-order valence-electron chi connectivity index (χ3n) is 3.60. The Morgan fingerprint density at radius 1 is 1.43 bits per heavy atom. The van der Waals surface area contributed by atoms with Crippen molar-refractivity contribution < 1.29 is 9.53 Å². The van der Waals surface area contributed by atoms with Crippen molar-refractivity contribution in [2.24, 2.45) is 11.8 Å². The van der Waals surface area contributed by atoms with Crippen LogP contribution in [0.4, 0.5) is 0 Å². The third kappa shape index (κ3) is 1.92. The molecule has 1 amide bonds. The molecule has 0 bridgehead atoms. The van der Waals surface area contributed by atoms with Crippen LogP contribution in [-0.2, 0) is 9.53 Å². The van der Waals surface area contributed by atoms with E-state index < -0.39 is 0 Å². The fourth-order valence-corrected chi connectivity index (χ4v) is 2.77. The van der Waals surface area contributed by atoms with Crippen molar-refractivity contribution >= 4 is 5.91 Å². The summed E-state index contributed by atoms with van der Waals surface area (Å²) in [5.74, 6) is 1.51. The van der Waals surface area contributed by atoms with Gasteiger partial charge in [-0.15, -0.1) is 0 Å². The summed E-state index contributed by atoms with van der Waals surface area (Å²) in [6, 6.07) is 0.422. The minimum Gasteiger partial charge on any atom is -0.381 e. The lowest BCUT2D eigenvalue weighted by molar-refractivity contribution is -0.119. The van der Waals surface area contributed by atoms with Crippen molar-refractivity contribution in [2.45, 2.75) is 38.6 Å². The van der Waals surface area contributed by atoms with E-state index in [4.69, 9.17) is 4.74 Å². The monoisotopic (exact) mass is 197 g/mol. The fourth-order valence-electron chi connectivity index (χ4n) is 2.77. The number of hydrogen-bond donors (Lipinski definition) is 1. The molecule has 3 nitrogen and oxygen atoms in total. The Morgan fingerprint density at radius 2 is 2.14 bits per heavy atom. The smallest absolute Gasteiger partial charge is 0.220 e. The number of ether oxygens (including phenoxy) is 1. The van der Waals surface area contributed by atoms with Crippen LogP contribution in [0.3, 0.4) is 0 Å². The fraction of sp³-hybridized carbons (Fsp3) is 0.909. The summed E-state index contributed by atoms with van der Waals surface area (Å²) >= 11 is 0. The van der Waals surface area contributed by atoms with Gasteiger partial charge >= 0.3 is 0 Å². The average molecular weight is 197 g/mol. The summed E-state index contributed by atoms with van der Waals surface area (Å²) < 4.78 is 5.35. The predicted octanol–water partition coefficient (Wildman–Crippen LogP) is 1.33. The zero-order valence-corrected chi connectivity index (χ0v) is 8.79. The van der Waals surface area contributed by atoms with Gasteiger partial charge in [0.15, 0.2) is 0 Å². The number of rotatable bonds is 2. The normalized spacial score (nSPS) is 34.5. The molecule has 2 aliphatic heterocycles. The second-order valence-electron chi connectivity index (χ2n) is 4.40. The predicted molar refractivity (Wildman–Crippen MR) is 53.9 cm³/mol. The van der Waals surface area contributed by atoms with Crippen LogP contribution in [0.5, 0.6) is 0 Å². The molecule has 0 radical (unpaired) electrons. The maximum atomic E-state index is 11.3. The van der Waals surface area contributed by atoms with Gasteiger partial charge < -0.3 is 10.1 Å². The molecule has 0 aromatic rings. The van der Waals surface area contributed by atoms with Crippen LogP contribution >= 0.6 is 0 Å². The van der Waals surface area contributed by atoms with Gasteiger partial charge in [0, 0.05) is 25.7 Å². The molecule has 3 heteroatoms. The SMILES string of the molecule is CCC1NC(=O)CC1C1CCOCC1. The van der Waals surface area contributed by atoms with Crippen molar-refractivity contribution in [3.05, 3.63) is 0 Å². The largest absolute Gasteiger partial charge is 0.381 e. The molecular weight excluding hydrogens is 178 g/mol. The summed E-state index contributed by atoms with van der Waals surface area (Å²) in [6.07, 6.45) is 4.07. The van der Waals surface area contributed by atoms with Crippen LogP contribution in [0.2, 0.25) is 0 Å². The minimum atomic E-state index is 0.244. The zero-order valence-electron chi connectivity index (χ0n) is 8.79. The summed E-state index contributed by atoms with van der Waals surface area (Å²) in [4.78, 5) is 11.3. The molecule has 2 unspecified atom stereocenters. The van der Waals surface area contributed by atoms with E-state index in [9.17, 15) is 4.79 Å². The highest BCUT2D eigenvalue weighted by Gasteiger charge is 2.36. The Kier molecular flexibility index (Phi) is 3.06. The molecule has 2 heterocycles. The number of hydrogen-bond acceptors (Lipinski definition) is 2. The lowest BCUT2D eigenvalue weighted by Crippen LogP contribution is -2.33. The lowest BCUT2D eigenvalue weighted by atomic mass is 9.80. The zero-order chi connectivity index (χ0) is 9.97. The van der Waals surface area contributed by atoms with Crippen molar-refractivity contribution in [3.8, 4) is 0 Å². The first-order chi connectivity index (χ1) is 6.81. The Labute approximate surface area is 85.2 Å². The van der Waals surface area contributed by atoms with Crippen molar-refractivity contribution in [2.75, 3.05) is 13.2 Å². The molecule has 0 saturated carbocycles. The van der Waals surface area contributed by atoms with Crippen LogP contribution in [0.15, 0.2) is 0 Å². The van der Waals surface area contributed by atoms with Crippen molar-refractivity contribution in [3.63, 3.8) is 0 Å². The Balaban J connectivity index is 1.97. The van der Waals surface area contributed by atoms with Gasteiger partial charge in [0.05, 0.1) is 0 Å². The topological polar surface area (TPSA) is 38.3 Å². The van der Waals surface area contributed by atoms with E-state index in [-0.39, 0.29) is 5.91 Å². The van der Waals surface area contributed by atoms with Crippen LogP contribution in [0.1, 0.15) is 32.6 Å². The summed E-state index contributed by atoms with van der Waals surface area (Å²) in [6.45, 7) is 3.92. The van der Waals surface area contributed by atoms with Crippen LogP contribution < -0.4 is 5.32 Å². The van der Waals surface area contributed by atoms with E-state index in [0.717, 1.165) is 38.9 Å². The molecule has 2 fully saturated rings. The Morgan fingerprint density at radius 3 is 2.79 bits per heavy atom. The lowest BCUT2D eigenvalue weighted by Gasteiger charge is -2.30. The summed E-state index contributed by atoms with van der Waals surface area (Å²) in [5, 5.41) is 3.07. The maximum absolute atomic E-state index is 11.3. The third-order valence-corrected chi connectivity index (χ3v) is 3.60. The van der Waals surface area contributed by atoms with E-state index in [2.05, 4.69) is 12.2 Å². The first-order valence-electron chi connectivity index (χ1n) is 5.68. The number of carbonyl (C=O) groups excluding carboxylic acids is 1. The number of carbonyl (C=O) groups is 1. The van der Waals surface area contributed by atoms with Gasteiger partial charge in [-0.05, 0) is 31.1 Å². The minimum absolute atomic E-state index is 0.244. The van der Waals surface area contributed by atoms with Crippen LogP contribution in [0.25, 0.3) is 0 Å². The van der Waals surface area contributed by atoms with Gasteiger partial charge in [0.25, 0.3) is 0 Å². The molecule has 80 valence electrons. The average Bonchev–Trinajstić information content (AvgIpc) is 2.61. The number of amides is 1. The molecule has 0 spiro atoms. The van der Waals surface area contributed by atoms with Gasteiger partial charge in [-0.1, -0.05) is 6.92 Å². The van der Waals surface area contributed by atoms with Gasteiger partial charge in [0.2, 0.25) is 5.91 Å². The first kappa shape index (κ1) is 9.97. The van der Waals surface area contributed by atoms with Crippen molar-refractivity contribution in [1.82, 2.24) is 5.32 Å². The van der Waals surface area contributed by atoms with E-state index in [1.807, 2.05) is 0 Å². The molecule has 2 rings (SSSR count). The van der Waals surface area contributed by atoms with Crippen LogP contribution in [-0.4, -0.2) is 25.2 Å². The van der Waals surface area contributed by atoms with E-state index in [0.29, 0.717) is 17.9 Å². The molecule has 14 heavy (non-hydrogen) atoms. The second kappa shape index (κ2) is 4.30. The standard InChI is InChI=1S/C11H19NO2/c1-2-10-9(7-11(13)12-10)8-3-5-14-6-4-8/h8-10H,2-7H2,1H3,(H,12,13).